The van der Waals surface area contributed by atoms with Crippen LogP contribution < -0.4 is 0 Å². The van der Waals surface area contributed by atoms with Gasteiger partial charge in [-0.3, -0.25) is 0 Å². The van der Waals surface area contributed by atoms with Crippen LogP contribution in [0.4, 0.5) is 4.79 Å². The van der Waals surface area contributed by atoms with E-state index in [9.17, 15) is 9.59 Å². The first-order valence-corrected chi connectivity index (χ1v) is 8.48. The normalized spacial score (nSPS) is 17.5. The van der Waals surface area contributed by atoms with Crippen LogP contribution in [0.3, 0.4) is 0 Å². The molecule has 0 aromatic heterocycles. The van der Waals surface area contributed by atoms with E-state index in [1.165, 1.54) is 4.90 Å². The standard InChI is InChI=1S/C18H31NO4/c1-13(2)6-7-15(16(20)23-18(3,4)5)12-14-8-10-19(11-9-14)17(21)22/h7,13-14H,6,8-12H2,1-5H3,(H,21,22)/b15-7-. The second-order valence-corrected chi connectivity index (χ2v) is 7.78. The number of hydrogen-bond donors (Lipinski definition) is 1. The van der Waals surface area contributed by atoms with Crippen LogP contribution >= 0.6 is 0 Å². The molecule has 1 rings (SSSR count). The van der Waals surface area contributed by atoms with Gasteiger partial charge in [0.2, 0.25) is 0 Å². The van der Waals surface area contributed by atoms with Gasteiger partial charge in [-0.05, 0) is 58.3 Å². The quantitative estimate of drug-likeness (QED) is 0.611. The highest BCUT2D eigenvalue weighted by atomic mass is 16.6. The molecule has 1 heterocycles. The highest BCUT2D eigenvalue weighted by molar-refractivity contribution is 5.88. The van der Waals surface area contributed by atoms with E-state index in [1.807, 2.05) is 26.8 Å². The Bertz CT molecular complexity index is 440. The lowest BCUT2D eigenvalue weighted by Gasteiger charge is -2.30. The fourth-order valence-electron chi connectivity index (χ4n) is 2.61. The Kier molecular flexibility index (Phi) is 7.10. The largest absolute Gasteiger partial charge is 0.465 e. The number of carbonyl (C=O) groups is 2. The summed E-state index contributed by atoms with van der Waals surface area (Å²) in [6.07, 6.45) is 4.27. The molecule has 0 aromatic rings. The third-order valence-corrected chi connectivity index (χ3v) is 3.89. The molecule has 0 aromatic carbocycles. The number of ether oxygens (including phenoxy) is 1. The van der Waals surface area contributed by atoms with Gasteiger partial charge in [0.15, 0.2) is 0 Å². The van der Waals surface area contributed by atoms with Crippen LogP contribution in [0.25, 0.3) is 0 Å². The van der Waals surface area contributed by atoms with Gasteiger partial charge in [0.25, 0.3) is 0 Å². The molecule has 0 radical (unpaired) electrons. The first-order valence-electron chi connectivity index (χ1n) is 8.48. The molecule has 5 heteroatoms. The summed E-state index contributed by atoms with van der Waals surface area (Å²) in [4.78, 5) is 24.8. The Labute approximate surface area is 139 Å². The third kappa shape index (κ3) is 7.53. The minimum atomic E-state index is -0.855. The van der Waals surface area contributed by atoms with Crippen molar-refractivity contribution in [2.75, 3.05) is 13.1 Å². The van der Waals surface area contributed by atoms with E-state index in [0.717, 1.165) is 24.8 Å². The molecule has 1 amide bonds. The molecule has 23 heavy (non-hydrogen) atoms. The van der Waals surface area contributed by atoms with E-state index in [4.69, 9.17) is 9.84 Å². The van der Waals surface area contributed by atoms with E-state index in [1.54, 1.807) is 0 Å². The summed E-state index contributed by atoms with van der Waals surface area (Å²) < 4.78 is 5.52. The Morgan fingerprint density at radius 1 is 1.26 bits per heavy atom. The molecule has 0 unspecified atom stereocenters. The lowest BCUT2D eigenvalue weighted by atomic mass is 9.89. The predicted molar refractivity (Wildman–Crippen MR) is 90.3 cm³/mol. The zero-order chi connectivity index (χ0) is 17.6. The molecule has 5 nitrogen and oxygen atoms in total. The maximum absolute atomic E-state index is 12.4. The molecule has 1 aliphatic rings. The lowest BCUT2D eigenvalue weighted by Crippen LogP contribution is -2.37. The van der Waals surface area contributed by atoms with Crippen molar-refractivity contribution in [2.45, 2.75) is 65.9 Å². The van der Waals surface area contributed by atoms with Crippen LogP contribution in [0, 0.1) is 11.8 Å². The Morgan fingerprint density at radius 3 is 2.26 bits per heavy atom. The minimum Gasteiger partial charge on any atom is -0.465 e. The number of carbonyl (C=O) groups excluding carboxylic acids is 1. The van der Waals surface area contributed by atoms with E-state index >= 15 is 0 Å². The molecule has 1 fully saturated rings. The van der Waals surface area contributed by atoms with Crippen LogP contribution in [0.2, 0.25) is 0 Å². The van der Waals surface area contributed by atoms with Gasteiger partial charge in [0.1, 0.15) is 5.60 Å². The van der Waals surface area contributed by atoms with Crippen molar-refractivity contribution < 1.29 is 19.4 Å². The number of hydrogen-bond acceptors (Lipinski definition) is 3. The van der Waals surface area contributed by atoms with Gasteiger partial charge < -0.3 is 14.7 Å². The molecule has 1 aliphatic heterocycles. The summed E-state index contributed by atoms with van der Waals surface area (Å²) in [5, 5.41) is 9.01. The number of piperidine rings is 1. The van der Waals surface area contributed by atoms with Gasteiger partial charge in [-0.2, -0.15) is 0 Å². The van der Waals surface area contributed by atoms with Gasteiger partial charge in [-0.15, -0.1) is 0 Å². The number of allylic oxidation sites excluding steroid dienone is 1. The van der Waals surface area contributed by atoms with Crippen LogP contribution in [0.1, 0.15) is 60.3 Å². The Hall–Kier alpha value is -1.52. The van der Waals surface area contributed by atoms with E-state index in [-0.39, 0.29) is 5.97 Å². The third-order valence-electron chi connectivity index (χ3n) is 3.89. The van der Waals surface area contributed by atoms with Crippen LogP contribution in [-0.2, 0) is 9.53 Å². The van der Waals surface area contributed by atoms with E-state index in [0.29, 0.717) is 31.3 Å². The lowest BCUT2D eigenvalue weighted by molar-refractivity contribution is -0.150. The molecule has 0 bridgehead atoms. The molecule has 1 saturated heterocycles. The van der Waals surface area contributed by atoms with Crippen LogP contribution in [0.15, 0.2) is 11.6 Å². The molecule has 0 aliphatic carbocycles. The second-order valence-electron chi connectivity index (χ2n) is 7.78. The van der Waals surface area contributed by atoms with Crippen LogP contribution in [-0.4, -0.2) is 40.8 Å². The average molecular weight is 325 g/mol. The summed E-state index contributed by atoms with van der Waals surface area (Å²) >= 11 is 0. The zero-order valence-corrected chi connectivity index (χ0v) is 15.1. The van der Waals surface area contributed by atoms with E-state index in [2.05, 4.69) is 13.8 Å². The first kappa shape index (κ1) is 19.5. The average Bonchev–Trinajstić information content (AvgIpc) is 2.41. The molecule has 1 N–H and O–H groups in total. The molecule has 132 valence electrons. The van der Waals surface area contributed by atoms with Crippen molar-refractivity contribution in [3.8, 4) is 0 Å². The maximum Gasteiger partial charge on any atom is 0.407 e. The zero-order valence-electron chi connectivity index (χ0n) is 15.1. The number of amides is 1. The summed E-state index contributed by atoms with van der Waals surface area (Å²) in [5.74, 6) is 0.594. The minimum absolute atomic E-state index is 0.237. The summed E-state index contributed by atoms with van der Waals surface area (Å²) in [7, 11) is 0. The van der Waals surface area contributed by atoms with Gasteiger partial charge >= 0.3 is 12.1 Å². The Balaban J connectivity index is 2.69. The fraction of sp³-hybridized carbons (Fsp3) is 0.778. The predicted octanol–water partition coefficient (Wildman–Crippen LogP) is 4.08. The van der Waals surface area contributed by atoms with Gasteiger partial charge in [-0.25, -0.2) is 9.59 Å². The maximum atomic E-state index is 12.4. The fourth-order valence-corrected chi connectivity index (χ4v) is 2.61. The van der Waals surface area contributed by atoms with Gasteiger partial charge in [0, 0.05) is 18.7 Å². The number of esters is 1. The van der Waals surface area contributed by atoms with Gasteiger partial charge in [-0.1, -0.05) is 19.9 Å². The smallest absolute Gasteiger partial charge is 0.407 e. The van der Waals surface area contributed by atoms with Crippen molar-refractivity contribution in [3.05, 3.63) is 11.6 Å². The van der Waals surface area contributed by atoms with Gasteiger partial charge in [0.05, 0.1) is 0 Å². The monoisotopic (exact) mass is 325 g/mol. The number of nitrogens with zero attached hydrogens (tertiary/aromatic N) is 1. The first-order chi connectivity index (χ1) is 10.6. The number of likely N-dealkylation sites (tertiary alicyclic amines) is 1. The molecule has 0 atom stereocenters. The Morgan fingerprint density at radius 2 is 1.83 bits per heavy atom. The topological polar surface area (TPSA) is 66.8 Å². The SMILES string of the molecule is CC(C)C/C=C(/CC1CCN(C(=O)O)CC1)C(=O)OC(C)(C)C. The second kappa shape index (κ2) is 8.37. The van der Waals surface area contributed by atoms with Crippen molar-refractivity contribution in [1.82, 2.24) is 4.90 Å². The highest BCUT2D eigenvalue weighted by Gasteiger charge is 2.26. The van der Waals surface area contributed by atoms with Crippen molar-refractivity contribution >= 4 is 12.1 Å². The number of carboxylic acid groups (broad SMARTS) is 1. The van der Waals surface area contributed by atoms with Crippen molar-refractivity contribution in [1.29, 1.82) is 0 Å². The molecular formula is C18H31NO4. The molecule has 0 saturated carbocycles. The van der Waals surface area contributed by atoms with E-state index < -0.39 is 11.7 Å². The molecular weight excluding hydrogens is 294 g/mol. The summed E-state index contributed by atoms with van der Waals surface area (Å²) in [6.45, 7) is 10.9. The van der Waals surface area contributed by atoms with Crippen molar-refractivity contribution in [3.63, 3.8) is 0 Å². The number of rotatable bonds is 5. The summed E-state index contributed by atoms with van der Waals surface area (Å²) in [5.41, 5.74) is 0.239. The van der Waals surface area contributed by atoms with Crippen LogP contribution in [0.5, 0.6) is 0 Å². The highest BCUT2D eigenvalue weighted by Crippen LogP contribution is 2.26. The molecule has 0 spiro atoms. The van der Waals surface area contributed by atoms with Crippen molar-refractivity contribution in [2.24, 2.45) is 11.8 Å². The summed E-state index contributed by atoms with van der Waals surface area (Å²) in [6, 6.07) is 0.